The van der Waals surface area contributed by atoms with Crippen LogP contribution in [0, 0.1) is 19.8 Å². The van der Waals surface area contributed by atoms with E-state index in [1.54, 1.807) is 11.3 Å². The highest BCUT2D eigenvalue weighted by molar-refractivity contribution is 7.09. The first-order valence-corrected chi connectivity index (χ1v) is 9.31. The minimum Gasteiger partial charge on any atom is -0.361 e. The molecule has 3 rings (SSSR count). The molecule has 0 saturated carbocycles. The van der Waals surface area contributed by atoms with Gasteiger partial charge in [-0.15, -0.1) is 11.3 Å². The molecule has 2 aromatic rings. The van der Waals surface area contributed by atoms with Crippen LogP contribution in [-0.2, 0) is 19.5 Å². The zero-order valence-corrected chi connectivity index (χ0v) is 15.1. The zero-order valence-electron chi connectivity index (χ0n) is 14.3. The topological polar surface area (TPSA) is 54.2 Å². The zero-order chi connectivity index (χ0) is 16.2. The van der Waals surface area contributed by atoms with E-state index in [9.17, 15) is 0 Å². The Balaban J connectivity index is 1.76. The second-order valence-electron chi connectivity index (χ2n) is 6.41. The van der Waals surface area contributed by atoms with Gasteiger partial charge in [0.25, 0.3) is 0 Å². The van der Waals surface area contributed by atoms with Gasteiger partial charge in [0.1, 0.15) is 5.76 Å². The standard InChI is InChI=1S/C17H26N4OS/c1-4-16-15(13(3)22-20-16)9-21(8-14-5-6-18-7-14)10-17-12(2)19-11-23-17/h11,14,18H,4-10H2,1-3H3/t14-/m1/s1. The fraction of sp³-hybridized carbons (Fsp3) is 0.647. The van der Waals surface area contributed by atoms with Crippen LogP contribution in [0.25, 0.3) is 0 Å². The maximum Gasteiger partial charge on any atom is 0.138 e. The van der Waals surface area contributed by atoms with Gasteiger partial charge in [-0.3, -0.25) is 4.90 Å². The first kappa shape index (κ1) is 16.6. The van der Waals surface area contributed by atoms with E-state index >= 15 is 0 Å². The molecule has 1 atom stereocenters. The summed E-state index contributed by atoms with van der Waals surface area (Å²) in [6.07, 6.45) is 2.19. The van der Waals surface area contributed by atoms with Crippen LogP contribution in [0.4, 0.5) is 0 Å². The number of hydrogen-bond acceptors (Lipinski definition) is 6. The smallest absolute Gasteiger partial charge is 0.138 e. The molecular formula is C17H26N4OS. The van der Waals surface area contributed by atoms with Gasteiger partial charge in [0, 0.05) is 30.1 Å². The molecule has 0 aliphatic carbocycles. The molecule has 0 radical (unpaired) electrons. The summed E-state index contributed by atoms with van der Waals surface area (Å²) in [5.41, 5.74) is 5.46. The molecule has 126 valence electrons. The van der Waals surface area contributed by atoms with Gasteiger partial charge in [-0.25, -0.2) is 4.98 Å². The predicted octanol–water partition coefficient (Wildman–Crippen LogP) is 2.92. The Kier molecular flexibility index (Phi) is 5.46. The van der Waals surface area contributed by atoms with Crippen LogP contribution in [0.15, 0.2) is 10.0 Å². The van der Waals surface area contributed by atoms with E-state index in [1.165, 1.54) is 16.9 Å². The van der Waals surface area contributed by atoms with E-state index in [0.29, 0.717) is 0 Å². The van der Waals surface area contributed by atoms with Crippen LogP contribution in [0.1, 0.15) is 40.9 Å². The normalized spacial score (nSPS) is 18.2. The average Bonchev–Trinajstić information content (AvgIpc) is 3.25. The SMILES string of the molecule is CCc1noc(C)c1CN(Cc1scnc1C)C[C@@H]1CCNC1. The van der Waals surface area contributed by atoms with Crippen molar-refractivity contribution in [3.05, 3.63) is 33.1 Å². The molecule has 23 heavy (non-hydrogen) atoms. The quantitative estimate of drug-likeness (QED) is 0.844. The van der Waals surface area contributed by atoms with Crippen molar-refractivity contribution in [1.82, 2.24) is 20.4 Å². The Morgan fingerprint density at radius 1 is 1.39 bits per heavy atom. The lowest BCUT2D eigenvalue weighted by Crippen LogP contribution is -2.30. The Morgan fingerprint density at radius 3 is 2.91 bits per heavy atom. The van der Waals surface area contributed by atoms with Crippen LogP contribution in [0.2, 0.25) is 0 Å². The Labute approximate surface area is 142 Å². The summed E-state index contributed by atoms with van der Waals surface area (Å²) < 4.78 is 5.42. The second kappa shape index (κ2) is 7.55. The number of aryl methyl sites for hydroxylation is 3. The minimum absolute atomic E-state index is 0.730. The summed E-state index contributed by atoms with van der Waals surface area (Å²) in [7, 11) is 0. The van der Waals surface area contributed by atoms with E-state index < -0.39 is 0 Å². The van der Waals surface area contributed by atoms with Crippen LogP contribution in [0.5, 0.6) is 0 Å². The van der Waals surface area contributed by atoms with Gasteiger partial charge in [0.2, 0.25) is 0 Å². The molecule has 1 fully saturated rings. The van der Waals surface area contributed by atoms with Crippen LogP contribution >= 0.6 is 11.3 Å². The lowest BCUT2D eigenvalue weighted by Gasteiger charge is -2.25. The molecule has 1 saturated heterocycles. The fourth-order valence-electron chi connectivity index (χ4n) is 3.24. The lowest BCUT2D eigenvalue weighted by atomic mass is 10.1. The second-order valence-corrected chi connectivity index (χ2v) is 7.35. The van der Waals surface area contributed by atoms with Crippen molar-refractivity contribution in [2.24, 2.45) is 5.92 Å². The molecule has 5 nitrogen and oxygen atoms in total. The highest BCUT2D eigenvalue weighted by atomic mass is 32.1. The Hall–Kier alpha value is -1.24. The summed E-state index contributed by atoms with van der Waals surface area (Å²) in [6, 6.07) is 0. The van der Waals surface area contributed by atoms with Gasteiger partial charge in [-0.1, -0.05) is 12.1 Å². The van der Waals surface area contributed by atoms with Gasteiger partial charge < -0.3 is 9.84 Å². The Morgan fingerprint density at radius 2 is 2.26 bits per heavy atom. The first-order valence-electron chi connectivity index (χ1n) is 8.43. The maximum absolute atomic E-state index is 5.42. The molecule has 3 heterocycles. The highest BCUT2D eigenvalue weighted by Crippen LogP contribution is 2.22. The van der Waals surface area contributed by atoms with E-state index in [4.69, 9.17) is 4.52 Å². The minimum atomic E-state index is 0.730. The van der Waals surface area contributed by atoms with Crippen molar-refractivity contribution >= 4 is 11.3 Å². The van der Waals surface area contributed by atoms with Crippen molar-refractivity contribution in [1.29, 1.82) is 0 Å². The largest absolute Gasteiger partial charge is 0.361 e. The molecule has 6 heteroatoms. The number of hydrogen-bond donors (Lipinski definition) is 1. The average molecular weight is 334 g/mol. The molecule has 0 spiro atoms. The van der Waals surface area contributed by atoms with Gasteiger partial charge in [0.15, 0.2) is 0 Å². The summed E-state index contributed by atoms with van der Waals surface area (Å²) in [5, 5.41) is 7.68. The van der Waals surface area contributed by atoms with E-state index in [-0.39, 0.29) is 0 Å². The van der Waals surface area contributed by atoms with Crippen molar-refractivity contribution in [3.63, 3.8) is 0 Å². The summed E-state index contributed by atoms with van der Waals surface area (Å²) >= 11 is 1.76. The van der Waals surface area contributed by atoms with Crippen molar-refractivity contribution < 1.29 is 4.52 Å². The molecule has 1 aliphatic heterocycles. The lowest BCUT2D eigenvalue weighted by molar-refractivity contribution is 0.220. The molecule has 1 N–H and O–H groups in total. The Bertz CT molecular complexity index is 630. The van der Waals surface area contributed by atoms with Crippen LogP contribution in [-0.4, -0.2) is 34.7 Å². The highest BCUT2D eigenvalue weighted by Gasteiger charge is 2.22. The van der Waals surface area contributed by atoms with E-state index in [0.717, 1.165) is 62.2 Å². The first-order chi connectivity index (χ1) is 11.2. The third-order valence-electron chi connectivity index (χ3n) is 4.67. The molecule has 0 unspecified atom stereocenters. The van der Waals surface area contributed by atoms with Crippen LogP contribution in [0.3, 0.4) is 0 Å². The number of thiazole rings is 1. The van der Waals surface area contributed by atoms with Crippen molar-refractivity contribution in [3.8, 4) is 0 Å². The summed E-state index contributed by atoms with van der Waals surface area (Å²) in [6.45, 7) is 11.5. The maximum atomic E-state index is 5.42. The van der Waals surface area contributed by atoms with Gasteiger partial charge in [-0.05, 0) is 45.7 Å². The molecule has 0 bridgehead atoms. The third-order valence-corrected chi connectivity index (χ3v) is 5.59. The monoisotopic (exact) mass is 334 g/mol. The van der Waals surface area contributed by atoms with Crippen molar-refractivity contribution in [2.45, 2.75) is 46.7 Å². The van der Waals surface area contributed by atoms with Crippen LogP contribution < -0.4 is 5.32 Å². The van der Waals surface area contributed by atoms with E-state index in [2.05, 4.69) is 34.2 Å². The molecule has 0 aromatic carbocycles. The molecule has 0 amide bonds. The third kappa shape index (κ3) is 4.00. The predicted molar refractivity (Wildman–Crippen MR) is 92.6 cm³/mol. The summed E-state index contributed by atoms with van der Waals surface area (Å²) in [5.74, 6) is 1.69. The van der Waals surface area contributed by atoms with Gasteiger partial charge in [0.05, 0.1) is 16.9 Å². The van der Waals surface area contributed by atoms with Gasteiger partial charge >= 0.3 is 0 Å². The number of rotatable bonds is 7. The number of nitrogens with one attached hydrogen (secondary N) is 1. The fourth-order valence-corrected chi connectivity index (χ4v) is 4.06. The van der Waals surface area contributed by atoms with Crippen molar-refractivity contribution in [2.75, 3.05) is 19.6 Å². The molecule has 2 aromatic heterocycles. The summed E-state index contributed by atoms with van der Waals surface area (Å²) in [4.78, 5) is 8.30. The number of aromatic nitrogens is 2. The molecule has 1 aliphatic rings. The van der Waals surface area contributed by atoms with E-state index in [1.807, 2.05) is 12.4 Å². The number of nitrogens with zero attached hydrogens (tertiary/aromatic N) is 3. The van der Waals surface area contributed by atoms with Gasteiger partial charge in [-0.2, -0.15) is 0 Å². The molecular weight excluding hydrogens is 308 g/mol.